The van der Waals surface area contributed by atoms with E-state index in [1.165, 1.54) is 121 Å². The van der Waals surface area contributed by atoms with E-state index in [2.05, 4.69) is 279 Å². The minimum Gasteiger partial charge on any atom is -0.355 e. The number of nitrogens with zero attached hydrogens (tertiary/aromatic N) is 2. The first-order valence-corrected chi connectivity index (χ1v) is 29.0. The number of benzene rings is 10. The number of hydrogen-bond acceptors (Lipinski definition) is 0. The van der Waals surface area contributed by atoms with Crippen LogP contribution in [0.4, 0.5) is 0 Å². The summed E-state index contributed by atoms with van der Waals surface area (Å²) >= 11 is 0. The Labute approximate surface area is 414 Å². The Hall–Kier alpha value is -7.31. The molecule has 14 rings (SSSR count). The van der Waals surface area contributed by atoms with E-state index in [-0.39, 0.29) is 0 Å². The Balaban J connectivity index is 0.000000137. The molecule has 0 radical (unpaired) electrons. The van der Waals surface area contributed by atoms with Gasteiger partial charge in [0.15, 0.2) is 0 Å². The molecule has 0 aliphatic heterocycles. The molecule has 0 spiro atoms. The highest BCUT2D eigenvalue weighted by Crippen LogP contribution is 2.38. The van der Waals surface area contributed by atoms with Crippen molar-refractivity contribution in [1.82, 2.24) is 19.1 Å². The van der Waals surface area contributed by atoms with Crippen LogP contribution < -0.4 is 0 Å². The Morgan fingerprint density at radius 1 is 0.300 bits per heavy atom. The number of nitrogens with one attached hydrogen (secondary N) is 2. The molecule has 340 valence electrons. The average molecular weight is 959 g/mol. The minimum absolute atomic E-state index is 1.00. The summed E-state index contributed by atoms with van der Waals surface area (Å²) in [5.74, 6) is 0. The summed E-state index contributed by atoms with van der Waals surface area (Å²) in [7, 11) is 4.69. The van der Waals surface area contributed by atoms with Crippen LogP contribution in [0.2, 0.25) is 0 Å². The predicted octanol–water partition coefficient (Wildman–Crippen LogP) is 18.2. The minimum atomic E-state index is 1.00. The van der Waals surface area contributed by atoms with Gasteiger partial charge in [-0.3, -0.25) is 0 Å². The summed E-state index contributed by atoms with van der Waals surface area (Å²) in [6, 6.07) is 82.7. The van der Waals surface area contributed by atoms with E-state index in [1.54, 1.807) is 0 Å². The molecule has 0 fully saturated rings. The fourth-order valence-corrected chi connectivity index (χ4v) is 10.1. The predicted molar refractivity (Wildman–Crippen MR) is 315 cm³/mol. The number of hydrogen-bond donors (Lipinski definition) is 2. The Bertz CT molecular complexity index is 3860. The first kappa shape index (κ1) is 45.2. The second-order valence-corrected chi connectivity index (χ2v) is 20.8. The van der Waals surface area contributed by atoms with Gasteiger partial charge in [0, 0.05) is 76.5 Å². The molecule has 4 nitrogen and oxygen atoms in total. The second kappa shape index (κ2) is 20.0. The van der Waals surface area contributed by atoms with Gasteiger partial charge in [-0.2, -0.15) is 0 Å². The Kier molecular flexibility index (Phi) is 12.9. The topological polar surface area (TPSA) is 41.4 Å². The van der Waals surface area contributed by atoms with Crippen LogP contribution in [0.5, 0.6) is 0 Å². The van der Waals surface area contributed by atoms with Crippen molar-refractivity contribution in [2.45, 2.75) is 0 Å². The van der Waals surface area contributed by atoms with Crippen LogP contribution in [0.3, 0.4) is 0 Å². The van der Waals surface area contributed by atoms with E-state index in [0.717, 1.165) is 16.9 Å². The highest BCUT2D eigenvalue weighted by atomic mass is 32.0. The zero-order valence-electron chi connectivity index (χ0n) is 39.4. The number of aromatic nitrogens is 4. The lowest BCUT2D eigenvalue weighted by Gasteiger charge is -2.08. The monoisotopic (exact) mass is 958 g/mol. The van der Waals surface area contributed by atoms with E-state index in [1.807, 2.05) is 0 Å². The van der Waals surface area contributed by atoms with Crippen LogP contribution in [-0.2, 0) is 0 Å². The third-order valence-electron chi connectivity index (χ3n) is 13.1. The van der Waals surface area contributed by atoms with E-state index in [9.17, 15) is 0 Å². The third-order valence-corrected chi connectivity index (χ3v) is 13.1. The molecule has 0 aliphatic rings. The smallest absolute Gasteiger partial charge is 0.0541 e. The van der Waals surface area contributed by atoms with Crippen molar-refractivity contribution in [2.75, 3.05) is 20.0 Å². The lowest BCUT2D eigenvalue weighted by Crippen LogP contribution is -1.92. The molecule has 7 heteroatoms. The summed E-state index contributed by atoms with van der Waals surface area (Å²) in [6.07, 6.45) is 0. The molecule has 4 aromatic heterocycles. The van der Waals surface area contributed by atoms with Gasteiger partial charge >= 0.3 is 0 Å². The molecule has 10 aromatic carbocycles. The molecule has 0 saturated heterocycles. The molecule has 0 bridgehead atoms. The van der Waals surface area contributed by atoms with Gasteiger partial charge in [-0.25, -0.2) is 0 Å². The van der Waals surface area contributed by atoms with Crippen molar-refractivity contribution in [3.05, 3.63) is 231 Å². The van der Waals surface area contributed by atoms with E-state index < -0.39 is 0 Å². The van der Waals surface area contributed by atoms with Gasteiger partial charge in [-0.05, 0) is 139 Å². The largest absolute Gasteiger partial charge is 0.355 e. The van der Waals surface area contributed by atoms with Crippen LogP contribution in [0.1, 0.15) is 0 Å². The van der Waals surface area contributed by atoms with E-state index in [0.29, 0.717) is 0 Å². The van der Waals surface area contributed by atoms with Gasteiger partial charge in [0.1, 0.15) is 0 Å². The third kappa shape index (κ3) is 8.37. The van der Waals surface area contributed by atoms with Crippen molar-refractivity contribution < 1.29 is 0 Å². The lowest BCUT2D eigenvalue weighted by molar-refractivity contribution is 1.18. The first-order valence-electron chi connectivity index (χ1n) is 23.7. The molecule has 0 aliphatic carbocycles. The SMILES string of the molecule is CPC.CPP.c1ccc(-n2c3ccccc3c3cc(-c4ccc5[nH]c6ccccc6c5c4)ccc32)cc1.c1ccc(-n2c3ccccc3c3cc(-c4ccc5[nH]c6ccccc6c5c4)ccc32)cc1. The molecular formula is C63H53N4P3. The maximum absolute atomic E-state index is 3.53. The molecule has 14 aromatic rings. The van der Waals surface area contributed by atoms with Crippen molar-refractivity contribution in [2.24, 2.45) is 0 Å². The molecule has 0 amide bonds. The highest BCUT2D eigenvalue weighted by Gasteiger charge is 2.16. The van der Waals surface area contributed by atoms with Crippen molar-refractivity contribution in [3.63, 3.8) is 0 Å². The number of rotatable bonds is 4. The number of aromatic amines is 2. The molecule has 2 atom stereocenters. The maximum atomic E-state index is 3.53. The molecule has 2 unspecified atom stereocenters. The number of fused-ring (bicyclic) bond motifs is 12. The van der Waals surface area contributed by atoms with Gasteiger partial charge in [0.2, 0.25) is 0 Å². The standard InChI is InChI=1S/2C30H20N2.C2H7P.CH6P2/c2*1-2-8-22(9-3-1)32-29-13-7-5-11-24(29)26-19-21(15-17-30(26)32)20-14-16-28-25(18-20)23-10-4-6-12-27(23)31-28;2*1-3-2/h2*1-19,31H;3H,1-2H3;3H,2H2,1H3. The molecule has 4 heterocycles. The summed E-state index contributed by atoms with van der Waals surface area (Å²) < 4.78 is 4.72. The summed E-state index contributed by atoms with van der Waals surface area (Å²) in [6.45, 7) is 6.42. The van der Waals surface area contributed by atoms with Crippen LogP contribution in [0.25, 0.3) is 121 Å². The van der Waals surface area contributed by atoms with Gasteiger partial charge in [0.05, 0.1) is 22.1 Å². The average Bonchev–Trinajstić information content (AvgIpc) is 4.17. The number of H-pyrrole nitrogens is 2. The maximum Gasteiger partial charge on any atom is 0.0541 e. The first-order chi connectivity index (χ1) is 34.6. The van der Waals surface area contributed by atoms with Gasteiger partial charge in [0.25, 0.3) is 0 Å². The van der Waals surface area contributed by atoms with Gasteiger partial charge < -0.3 is 19.1 Å². The highest BCUT2D eigenvalue weighted by molar-refractivity contribution is 8.02. The Morgan fingerprint density at radius 2 is 0.586 bits per heavy atom. The van der Waals surface area contributed by atoms with E-state index in [4.69, 9.17) is 0 Å². The summed E-state index contributed by atoms with van der Waals surface area (Å²) in [4.78, 5) is 7.06. The number of para-hydroxylation sites is 6. The van der Waals surface area contributed by atoms with Crippen molar-refractivity contribution in [3.8, 4) is 33.6 Å². The quantitative estimate of drug-likeness (QED) is 0.165. The fourth-order valence-electron chi connectivity index (χ4n) is 10.1. The van der Waals surface area contributed by atoms with Crippen LogP contribution in [0, 0.1) is 0 Å². The van der Waals surface area contributed by atoms with Gasteiger partial charge in [-0.15, -0.1) is 25.8 Å². The fraction of sp³-hybridized carbons (Fsp3) is 0.0476. The Morgan fingerprint density at radius 3 is 0.986 bits per heavy atom. The van der Waals surface area contributed by atoms with E-state index >= 15 is 0 Å². The summed E-state index contributed by atoms with van der Waals surface area (Å²) in [5, 5.41) is 10.2. The lowest BCUT2D eigenvalue weighted by atomic mass is 10.0. The van der Waals surface area contributed by atoms with Gasteiger partial charge in [-0.1, -0.05) is 133 Å². The van der Waals surface area contributed by atoms with Crippen molar-refractivity contribution >= 4 is 113 Å². The normalized spacial score (nSPS) is 11.4. The second-order valence-electron chi connectivity index (χ2n) is 17.5. The van der Waals surface area contributed by atoms with Crippen LogP contribution >= 0.6 is 25.8 Å². The summed E-state index contributed by atoms with van der Waals surface area (Å²) in [5.41, 5.74) is 17.0. The zero-order valence-corrected chi connectivity index (χ0v) is 42.6. The molecular weight excluding hydrogens is 906 g/mol. The van der Waals surface area contributed by atoms with Crippen LogP contribution in [0.15, 0.2) is 231 Å². The van der Waals surface area contributed by atoms with Crippen molar-refractivity contribution in [1.29, 1.82) is 0 Å². The zero-order chi connectivity index (χ0) is 47.6. The molecule has 0 saturated carbocycles. The molecule has 70 heavy (non-hydrogen) atoms. The molecule has 2 N–H and O–H groups in total. The van der Waals surface area contributed by atoms with Crippen LogP contribution in [-0.4, -0.2) is 39.1 Å².